The Hall–Kier alpha value is -5.30. The zero-order valence-electron chi connectivity index (χ0n) is 20.3. The molecule has 6 rings (SSSR count). The summed E-state index contributed by atoms with van der Waals surface area (Å²) in [5, 5.41) is 0. The summed E-state index contributed by atoms with van der Waals surface area (Å²) in [5.74, 6) is 0. The lowest BCUT2D eigenvalue weighted by molar-refractivity contribution is 0.925. The summed E-state index contributed by atoms with van der Waals surface area (Å²) in [7, 11) is 0. The fraction of sp³-hybridized carbons (Fsp3) is 0.0323. The first kappa shape index (κ1) is 23.1. The minimum Gasteiger partial charge on any atom is -0.267 e. The standard InChI is InChI=1S/C31H22N6O/c38-31-29(17-23-4-2-12-33-19-23)36-28-7-3-13-35-30(28)37(31)27-6-1-5-25(18-27)26-16-24(20-34-21-26)9-8-22-10-14-32-15-11-22/h1-16,18-21H,17H2/b9-8+. The Labute approximate surface area is 218 Å². The monoisotopic (exact) mass is 494 g/mol. The maximum absolute atomic E-state index is 13.7. The number of aromatic nitrogens is 6. The van der Waals surface area contributed by atoms with Crippen LogP contribution < -0.4 is 5.56 Å². The first-order valence-corrected chi connectivity index (χ1v) is 12.1. The topological polar surface area (TPSA) is 86.5 Å². The van der Waals surface area contributed by atoms with Crippen LogP contribution in [0.5, 0.6) is 0 Å². The molecule has 38 heavy (non-hydrogen) atoms. The minimum atomic E-state index is -0.204. The summed E-state index contributed by atoms with van der Waals surface area (Å²) in [6, 6.07) is 21.3. The number of fused-ring (bicyclic) bond motifs is 1. The van der Waals surface area contributed by atoms with Crippen LogP contribution >= 0.6 is 0 Å². The van der Waals surface area contributed by atoms with Gasteiger partial charge in [0, 0.05) is 55.4 Å². The van der Waals surface area contributed by atoms with Crippen LogP contribution in [0, 0.1) is 0 Å². The molecule has 0 radical (unpaired) electrons. The molecule has 7 nitrogen and oxygen atoms in total. The van der Waals surface area contributed by atoms with E-state index in [1.807, 2.05) is 85.2 Å². The smallest absolute Gasteiger partial charge is 0.267 e. The van der Waals surface area contributed by atoms with Crippen molar-refractivity contribution in [3.8, 4) is 16.8 Å². The van der Waals surface area contributed by atoms with E-state index in [9.17, 15) is 4.79 Å². The number of hydrogen-bond acceptors (Lipinski definition) is 6. The Morgan fingerprint density at radius 2 is 1.58 bits per heavy atom. The molecule has 0 aliphatic carbocycles. The van der Waals surface area contributed by atoms with Gasteiger partial charge in [-0.2, -0.15) is 0 Å². The van der Waals surface area contributed by atoms with Gasteiger partial charge in [-0.3, -0.25) is 24.3 Å². The molecule has 0 N–H and O–H groups in total. The average molecular weight is 495 g/mol. The van der Waals surface area contributed by atoms with Crippen molar-refractivity contribution in [2.75, 3.05) is 0 Å². The van der Waals surface area contributed by atoms with Crippen LogP contribution in [0.15, 0.2) is 115 Å². The van der Waals surface area contributed by atoms with Gasteiger partial charge in [-0.15, -0.1) is 0 Å². The van der Waals surface area contributed by atoms with Gasteiger partial charge in [-0.25, -0.2) is 9.97 Å². The summed E-state index contributed by atoms with van der Waals surface area (Å²) < 4.78 is 1.64. The molecule has 5 aromatic heterocycles. The fourth-order valence-corrected chi connectivity index (χ4v) is 4.32. The second kappa shape index (κ2) is 10.4. The zero-order valence-corrected chi connectivity index (χ0v) is 20.3. The quantitative estimate of drug-likeness (QED) is 0.308. The van der Waals surface area contributed by atoms with Crippen molar-refractivity contribution in [1.82, 2.24) is 29.5 Å². The second-order valence-corrected chi connectivity index (χ2v) is 8.75. The van der Waals surface area contributed by atoms with Crippen molar-refractivity contribution < 1.29 is 0 Å². The van der Waals surface area contributed by atoms with Crippen LogP contribution in [0.2, 0.25) is 0 Å². The van der Waals surface area contributed by atoms with Gasteiger partial charge in [0.05, 0.1) is 5.69 Å². The maximum atomic E-state index is 13.7. The van der Waals surface area contributed by atoms with Crippen molar-refractivity contribution in [2.24, 2.45) is 0 Å². The molecule has 182 valence electrons. The lowest BCUT2D eigenvalue weighted by Crippen LogP contribution is -2.25. The third-order valence-electron chi connectivity index (χ3n) is 6.15. The predicted molar refractivity (Wildman–Crippen MR) is 149 cm³/mol. The van der Waals surface area contributed by atoms with E-state index >= 15 is 0 Å². The van der Waals surface area contributed by atoms with Gasteiger partial charge >= 0.3 is 0 Å². The normalized spacial score (nSPS) is 11.3. The first-order valence-electron chi connectivity index (χ1n) is 12.1. The van der Waals surface area contributed by atoms with Crippen LogP contribution in [-0.4, -0.2) is 29.5 Å². The summed E-state index contributed by atoms with van der Waals surface area (Å²) >= 11 is 0. The van der Waals surface area contributed by atoms with Crippen molar-refractivity contribution in [2.45, 2.75) is 6.42 Å². The van der Waals surface area contributed by atoms with Gasteiger partial charge in [0.15, 0.2) is 5.65 Å². The van der Waals surface area contributed by atoms with Crippen LogP contribution in [0.25, 0.3) is 40.1 Å². The Morgan fingerprint density at radius 1 is 0.711 bits per heavy atom. The predicted octanol–water partition coefficient (Wildman–Crippen LogP) is 5.39. The molecule has 0 aliphatic heterocycles. The summed E-state index contributed by atoms with van der Waals surface area (Å²) in [5.41, 5.74) is 6.94. The molecule has 1 aromatic carbocycles. The lowest BCUT2D eigenvalue weighted by Gasteiger charge is -2.13. The van der Waals surface area contributed by atoms with E-state index < -0.39 is 0 Å². The Kier molecular flexibility index (Phi) is 6.30. The van der Waals surface area contributed by atoms with E-state index in [0.29, 0.717) is 29.0 Å². The molecule has 0 saturated carbocycles. The van der Waals surface area contributed by atoms with E-state index in [1.165, 1.54) is 0 Å². The van der Waals surface area contributed by atoms with Gasteiger partial charge in [0.25, 0.3) is 5.56 Å². The van der Waals surface area contributed by atoms with Crippen LogP contribution in [0.4, 0.5) is 0 Å². The highest BCUT2D eigenvalue weighted by molar-refractivity contribution is 5.75. The maximum Gasteiger partial charge on any atom is 0.278 e. The highest BCUT2D eigenvalue weighted by atomic mass is 16.1. The number of hydrogen-bond donors (Lipinski definition) is 0. The van der Waals surface area contributed by atoms with Crippen LogP contribution in [0.1, 0.15) is 22.4 Å². The Balaban J connectivity index is 1.41. The second-order valence-electron chi connectivity index (χ2n) is 8.75. The van der Waals surface area contributed by atoms with Crippen molar-refractivity contribution >= 4 is 23.3 Å². The molecule has 0 aliphatic rings. The zero-order chi connectivity index (χ0) is 25.7. The number of rotatable bonds is 6. The molecule has 0 atom stereocenters. The molecule has 0 bridgehead atoms. The molecule has 0 amide bonds. The third kappa shape index (κ3) is 4.85. The van der Waals surface area contributed by atoms with Crippen LogP contribution in [0.3, 0.4) is 0 Å². The fourth-order valence-electron chi connectivity index (χ4n) is 4.32. The highest BCUT2D eigenvalue weighted by Gasteiger charge is 2.15. The average Bonchev–Trinajstić information content (AvgIpc) is 2.98. The Bertz CT molecular complexity index is 1810. The number of pyridine rings is 4. The van der Waals surface area contributed by atoms with Crippen molar-refractivity contribution in [1.29, 1.82) is 0 Å². The molecule has 6 aromatic rings. The van der Waals surface area contributed by atoms with Gasteiger partial charge in [0.2, 0.25) is 0 Å². The van der Waals surface area contributed by atoms with Gasteiger partial charge in [0.1, 0.15) is 11.2 Å². The number of nitrogens with zero attached hydrogens (tertiary/aromatic N) is 6. The van der Waals surface area contributed by atoms with Crippen molar-refractivity contribution in [3.63, 3.8) is 0 Å². The van der Waals surface area contributed by atoms with Crippen LogP contribution in [-0.2, 0) is 6.42 Å². The van der Waals surface area contributed by atoms with E-state index in [0.717, 1.165) is 27.8 Å². The molecular weight excluding hydrogens is 472 g/mol. The first-order chi connectivity index (χ1) is 18.7. The molecule has 0 saturated heterocycles. The Morgan fingerprint density at radius 3 is 2.45 bits per heavy atom. The van der Waals surface area contributed by atoms with Gasteiger partial charge < -0.3 is 0 Å². The highest BCUT2D eigenvalue weighted by Crippen LogP contribution is 2.24. The third-order valence-corrected chi connectivity index (χ3v) is 6.15. The summed E-state index contributed by atoms with van der Waals surface area (Å²) in [6.45, 7) is 0. The summed E-state index contributed by atoms with van der Waals surface area (Å²) in [6.07, 6.45) is 16.7. The molecule has 7 heteroatoms. The van der Waals surface area contributed by atoms with E-state index in [2.05, 4.69) is 31.0 Å². The van der Waals surface area contributed by atoms with E-state index in [-0.39, 0.29) is 5.56 Å². The summed E-state index contributed by atoms with van der Waals surface area (Å²) in [4.78, 5) is 35.5. The van der Waals surface area contributed by atoms with Gasteiger partial charge in [-0.1, -0.05) is 30.4 Å². The lowest BCUT2D eigenvalue weighted by atomic mass is 10.0. The molecule has 0 spiro atoms. The van der Waals surface area contributed by atoms with E-state index in [4.69, 9.17) is 0 Å². The van der Waals surface area contributed by atoms with Gasteiger partial charge in [-0.05, 0) is 70.8 Å². The minimum absolute atomic E-state index is 0.204. The SMILES string of the molecule is O=c1c(Cc2cccnc2)nc2cccnc2n1-c1cccc(-c2cncc(/C=C/c3ccncc3)c2)c1. The van der Waals surface area contributed by atoms with Crippen molar-refractivity contribution in [3.05, 3.63) is 143 Å². The molecular formula is C31H22N6O. The molecule has 0 fully saturated rings. The molecule has 5 heterocycles. The number of benzene rings is 1. The molecule has 0 unspecified atom stereocenters. The van der Waals surface area contributed by atoms with E-state index in [1.54, 1.807) is 35.6 Å². The largest absolute Gasteiger partial charge is 0.278 e.